The SMILES string of the molecule is CC(C)C(CCO)NC(=O)CCSCC(N)=O. The maximum absolute atomic E-state index is 11.6. The molecular formula is C11H22N2O3S. The second-order valence-electron chi connectivity index (χ2n) is 4.20. The van der Waals surface area contributed by atoms with Gasteiger partial charge in [-0.25, -0.2) is 0 Å². The lowest BCUT2D eigenvalue weighted by atomic mass is 10.0. The Morgan fingerprint density at radius 3 is 2.53 bits per heavy atom. The topological polar surface area (TPSA) is 92.4 Å². The summed E-state index contributed by atoms with van der Waals surface area (Å²) < 4.78 is 0. The maximum Gasteiger partial charge on any atom is 0.227 e. The quantitative estimate of drug-likeness (QED) is 0.515. The molecule has 0 bridgehead atoms. The monoisotopic (exact) mass is 262 g/mol. The molecule has 1 unspecified atom stereocenters. The first-order valence-electron chi connectivity index (χ1n) is 5.73. The smallest absolute Gasteiger partial charge is 0.227 e. The Bertz CT molecular complexity index is 247. The van der Waals surface area contributed by atoms with Crippen molar-refractivity contribution < 1.29 is 14.7 Å². The van der Waals surface area contributed by atoms with Gasteiger partial charge < -0.3 is 16.2 Å². The molecule has 0 saturated heterocycles. The Balaban J connectivity index is 3.78. The first-order chi connectivity index (χ1) is 7.97. The Hall–Kier alpha value is -0.750. The van der Waals surface area contributed by atoms with Crippen LogP contribution in [0.15, 0.2) is 0 Å². The zero-order valence-electron chi connectivity index (χ0n) is 10.4. The predicted molar refractivity (Wildman–Crippen MR) is 69.6 cm³/mol. The molecule has 0 radical (unpaired) electrons. The van der Waals surface area contributed by atoms with Crippen molar-refractivity contribution in [3.8, 4) is 0 Å². The number of aliphatic hydroxyl groups excluding tert-OH is 1. The van der Waals surface area contributed by atoms with Crippen LogP contribution < -0.4 is 11.1 Å². The molecule has 1 atom stereocenters. The fourth-order valence-electron chi connectivity index (χ4n) is 1.33. The van der Waals surface area contributed by atoms with Crippen molar-refractivity contribution in [2.75, 3.05) is 18.1 Å². The third-order valence-corrected chi connectivity index (χ3v) is 3.29. The largest absolute Gasteiger partial charge is 0.396 e. The van der Waals surface area contributed by atoms with Gasteiger partial charge >= 0.3 is 0 Å². The van der Waals surface area contributed by atoms with Crippen LogP contribution in [0.25, 0.3) is 0 Å². The van der Waals surface area contributed by atoms with Crippen molar-refractivity contribution in [2.45, 2.75) is 32.7 Å². The molecule has 100 valence electrons. The zero-order chi connectivity index (χ0) is 13.3. The first-order valence-corrected chi connectivity index (χ1v) is 6.89. The van der Waals surface area contributed by atoms with E-state index in [-0.39, 0.29) is 30.2 Å². The summed E-state index contributed by atoms with van der Waals surface area (Å²) in [6.45, 7) is 4.07. The number of aliphatic hydroxyl groups is 1. The first kappa shape index (κ1) is 16.2. The van der Waals surface area contributed by atoms with E-state index in [0.29, 0.717) is 24.5 Å². The Morgan fingerprint density at radius 1 is 1.41 bits per heavy atom. The molecular weight excluding hydrogens is 240 g/mol. The molecule has 4 N–H and O–H groups in total. The van der Waals surface area contributed by atoms with Crippen molar-refractivity contribution in [2.24, 2.45) is 11.7 Å². The molecule has 0 aromatic heterocycles. The van der Waals surface area contributed by atoms with E-state index in [4.69, 9.17) is 10.8 Å². The van der Waals surface area contributed by atoms with E-state index in [2.05, 4.69) is 5.32 Å². The Labute approximate surface area is 107 Å². The molecule has 0 aliphatic rings. The summed E-state index contributed by atoms with van der Waals surface area (Å²) >= 11 is 1.35. The summed E-state index contributed by atoms with van der Waals surface area (Å²) in [5.74, 6) is 0.713. The molecule has 2 amide bonds. The third kappa shape index (κ3) is 9.00. The van der Waals surface area contributed by atoms with E-state index in [9.17, 15) is 9.59 Å². The molecule has 0 aromatic carbocycles. The second-order valence-corrected chi connectivity index (χ2v) is 5.30. The fraction of sp³-hybridized carbons (Fsp3) is 0.818. The van der Waals surface area contributed by atoms with Crippen molar-refractivity contribution >= 4 is 23.6 Å². The number of nitrogens with two attached hydrogens (primary N) is 1. The van der Waals surface area contributed by atoms with Gasteiger partial charge in [0.15, 0.2) is 0 Å². The van der Waals surface area contributed by atoms with Crippen LogP contribution >= 0.6 is 11.8 Å². The van der Waals surface area contributed by atoms with Gasteiger partial charge in [0, 0.05) is 24.8 Å². The summed E-state index contributed by atoms with van der Waals surface area (Å²) in [6.07, 6.45) is 0.935. The highest BCUT2D eigenvalue weighted by Crippen LogP contribution is 2.07. The molecule has 0 rings (SSSR count). The van der Waals surface area contributed by atoms with Gasteiger partial charge in [-0.15, -0.1) is 0 Å². The number of carbonyl (C=O) groups is 2. The van der Waals surface area contributed by atoms with Gasteiger partial charge in [0.25, 0.3) is 0 Å². The molecule has 6 heteroatoms. The molecule has 0 fully saturated rings. The molecule has 0 aliphatic heterocycles. The predicted octanol–water partition coefficient (Wildman–Crippen LogP) is 0.118. The number of thioether (sulfide) groups is 1. The van der Waals surface area contributed by atoms with Gasteiger partial charge in [-0.05, 0) is 12.3 Å². The van der Waals surface area contributed by atoms with Crippen LogP contribution in [-0.4, -0.2) is 41.1 Å². The van der Waals surface area contributed by atoms with E-state index in [1.54, 1.807) is 0 Å². The van der Waals surface area contributed by atoms with Gasteiger partial charge in [-0.2, -0.15) is 11.8 Å². The summed E-state index contributed by atoms with van der Waals surface area (Å²) in [4.78, 5) is 22.0. The maximum atomic E-state index is 11.6. The van der Waals surface area contributed by atoms with Crippen molar-refractivity contribution in [1.82, 2.24) is 5.32 Å². The van der Waals surface area contributed by atoms with E-state index >= 15 is 0 Å². The number of hydrogen-bond donors (Lipinski definition) is 3. The number of hydrogen-bond acceptors (Lipinski definition) is 4. The van der Waals surface area contributed by atoms with E-state index < -0.39 is 0 Å². The molecule has 0 aromatic rings. The van der Waals surface area contributed by atoms with Crippen molar-refractivity contribution in [3.63, 3.8) is 0 Å². The molecule has 17 heavy (non-hydrogen) atoms. The summed E-state index contributed by atoms with van der Waals surface area (Å²) in [7, 11) is 0. The van der Waals surface area contributed by atoms with Crippen LogP contribution in [0.5, 0.6) is 0 Å². The minimum absolute atomic E-state index is 0.00800. The molecule has 5 nitrogen and oxygen atoms in total. The summed E-state index contributed by atoms with van der Waals surface area (Å²) in [5, 5.41) is 11.7. The highest BCUT2D eigenvalue weighted by atomic mass is 32.2. The van der Waals surface area contributed by atoms with Crippen LogP contribution in [0, 0.1) is 5.92 Å². The van der Waals surface area contributed by atoms with Crippen LogP contribution in [-0.2, 0) is 9.59 Å². The van der Waals surface area contributed by atoms with Crippen LogP contribution in [0.1, 0.15) is 26.7 Å². The average molecular weight is 262 g/mol. The second kappa shape index (κ2) is 9.30. The van der Waals surface area contributed by atoms with Crippen molar-refractivity contribution in [1.29, 1.82) is 0 Å². The van der Waals surface area contributed by atoms with Gasteiger partial charge in [-0.1, -0.05) is 13.8 Å². The molecule has 0 saturated carbocycles. The lowest BCUT2D eigenvalue weighted by molar-refractivity contribution is -0.121. The van der Waals surface area contributed by atoms with Crippen LogP contribution in [0.3, 0.4) is 0 Å². The van der Waals surface area contributed by atoms with E-state index in [0.717, 1.165) is 0 Å². The van der Waals surface area contributed by atoms with Gasteiger partial charge in [-0.3, -0.25) is 9.59 Å². The van der Waals surface area contributed by atoms with E-state index in [1.165, 1.54) is 11.8 Å². The number of rotatable bonds is 9. The van der Waals surface area contributed by atoms with Crippen molar-refractivity contribution in [3.05, 3.63) is 0 Å². The average Bonchev–Trinajstić information content (AvgIpc) is 2.23. The Morgan fingerprint density at radius 2 is 2.06 bits per heavy atom. The van der Waals surface area contributed by atoms with Crippen LogP contribution in [0.2, 0.25) is 0 Å². The highest BCUT2D eigenvalue weighted by Gasteiger charge is 2.15. The summed E-state index contributed by atoms with van der Waals surface area (Å²) in [6, 6.07) is 0.00800. The fourth-order valence-corrected chi connectivity index (χ4v) is 2.00. The number of carbonyl (C=O) groups excluding carboxylic acids is 2. The summed E-state index contributed by atoms with van der Waals surface area (Å²) in [5.41, 5.74) is 4.98. The van der Waals surface area contributed by atoms with E-state index in [1.807, 2.05) is 13.8 Å². The van der Waals surface area contributed by atoms with Crippen LogP contribution in [0.4, 0.5) is 0 Å². The number of nitrogens with one attached hydrogen (secondary N) is 1. The normalized spacial score (nSPS) is 12.5. The zero-order valence-corrected chi connectivity index (χ0v) is 11.3. The Kier molecular flexibility index (Phi) is 8.89. The minimum atomic E-state index is -0.365. The van der Waals surface area contributed by atoms with Gasteiger partial charge in [0.05, 0.1) is 5.75 Å². The third-order valence-electron chi connectivity index (χ3n) is 2.31. The van der Waals surface area contributed by atoms with Gasteiger partial charge in [0.1, 0.15) is 0 Å². The lowest BCUT2D eigenvalue weighted by Gasteiger charge is -2.21. The lowest BCUT2D eigenvalue weighted by Crippen LogP contribution is -2.39. The molecule has 0 aliphatic carbocycles. The van der Waals surface area contributed by atoms with Gasteiger partial charge in [0.2, 0.25) is 11.8 Å². The molecule has 0 heterocycles. The number of amides is 2. The molecule has 0 spiro atoms. The highest BCUT2D eigenvalue weighted by molar-refractivity contribution is 7.99. The number of primary amides is 1. The standard InChI is InChI=1S/C11H22N2O3S/c1-8(2)9(3-5-14)13-11(16)4-6-17-7-10(12)15/h8-9,14H,3-7H2,1-2H3,(H2,12,15)(H,13,16). The minimum Gasteiger partial charge on any atom is -0.396 e.